The molecular weight excluding hydrogens is 318 g/mol. The summed E-state index contributed by atoms with van der Waals surface area (Å²) in [6.07, 6.45) is 0. The minimum atomic E-state index is -0.450. The molecule has 5 heteroatoms. The fraction of sp³-hybridized carbons (Fsp3) is 0.150. The molecule has 0 bridgehead atoms. The monoisotopic (exact) mass is 335 g/mol. The minimum absolute atomic E-state index is 0.00462. The Kier molecular flexibility index (Phi) is 6.08. The van der Waals surface area contributed by atoms with Crippen LogP contribution in [0.5, 0.6) is 0 Å². The van der Waals surface area contributed by atoms with Crippen LogP contribution in [0.2, 0.25) is 0 Å². The third kappa shape index (κ3) is 5.05. The molecule has 126 valence electrons. The fourth-order valence-electron chi connectivity index (χ4n) is 2.04. The van der Waals surface area contributed by atoms with Crippen LogP contribution in [0.3, 0.4) is 0 Å². The molecule has 0 radical (unpaired) electrons. The highest BCUT2D eigenvalue weighted by molar-refractivity contribution is 5.96. The number of benzene rings is 2. The van der Waals surface area contributed by atoms with E-state index >= 15 is 0 Å². The largest absolute Gasteiger partial charge is 0.465 e. The number of carbonyl (C=O) groups excluding carboxylic acids is 3. The molecule has 0 fully saturated rings. The van der Waals surface area contributed by atoms with Crippen LogP contribution in [0.4, 0.5) is 0 Å². The summed E-state index contributed by atoms with van der Waals surface area (Å²) in [5, 5.41) is 2.68. The molecule has 0 unspecified atom stereocenters. The summed E-state index contributed by atoms with van der Waals surface area (Å²) in [5.41, 5.74) is 2.21. The van der Waals surface area contributed by atoms with Crippen molar-refractivity contribution in [2.45, 2.75) is 6.92 Å². The lowest BCUT2D eigenvalue weighted by Crippen LogP contribution is -2.23. The normalized spacial score (nSPS) is 9.52. The molecule has 1 N–H and O–H groups in total. The van der Waals surface area contributed by atoms with Gasteiger partial charge in [0.25, 0.3) is 5.91 Å². The van der Waals surface area contributed by atoms with Crippen molar-refractivity contribution in [2.75, 3.05) is 13.7 Å². The molecule has 0 aliphatic rings. The van der Waals surface area contributed by atoms with E-state index in [-0.39, 0.29) is 18.2 Å². The lowest BCUT2D eigenvalue weighted by atomic mass is 10.1. The molecular formula is C20H17NO4. The number of esters is 1. The number of methoxy groups -OCH3 is 1. The molecule has 2 aromatic rings. The van der Waals surface area contributed by atoms with Crippen molar-refractivity contribution in [3.63, 3.8) is 0 Å². The van der Waals surface area contributed by atoms with Gasteiger partial charge in [-0.2, -0.15) is 0 Å². The van der Waals surface area contributed by atoms with Crippen LogP contribution < -0.4 is 5.32 Å². The maximum atomic E-state index is 12.0. The highest BCUT2D eigenvalue weighted by Gasteiger charge is 2.08. The molecule has 0 heterocycles. The fourth-order valence-corrected chi connectivity index (χ4v) is 2.04. The first-order valence-electron chi connectivity index (χ1n) is 7.57. The van der Waals surface area contributed by atoms with E-state index in [9.17, 15) is 14.4 Å². The molecule has 0 saturated carbocycles. The summed E-state index contributed by atoms with van der Waals surface area (Å²) in [6, 6.07) is 13.1. The Morgan fingerprint density at radius 1 is 0.920 bits per heavy atom. The summed E-state index contributed by atoms with van der Waals surface area (Å²) in [6.45, 7) is 1.69. The van der Waals surface area contributed by atoms with Crippen LogP contribution in [0, 0.1) is 11.8 Å². The molecule has 2 aromatic carbocycles. The Bertz CT molecular complexity index is 840. The van der Waals surface area contributed by atoms with Crippen LogP contribution >= 0.6 is 0 Å². The van der Waals surface area contributed by atoms with Crippen molar-refractivity contribution in [2.24, 2.45) is 0 Å². The smallest absolute Gasteiger partial charge is 0.337 e. The second-order valence-corrected chi connectivity index (χ2v) is 5.19. The number of hydrogen-bond donors (Lipinski definition) is 1. The Morgan fingerprint density at radius 3 is 2.04 bits per heavy atom. The highest BCUT2D eigenvalue weighted by atomic mass is 16.5. The average molecular weight is 335 g/mol. The average Bonchev–Trinajstić information content (AvgIpc) is 2.65. The molecule has 0 aliphatic heterocycles. The predicted molar refractivity (Wildman–Crippen MR) is 93.4 cm³/mol. The van der Waals surface area contributed by atoms with Crippen LogP contribution in [0.1, 0.15) is 43.6 Å². The van der Waals surface area contributed by atoms with Gasteiger partial charge in [-0.05, 0) is 43.3 Å². The van der Waals surface area contributed by atoms with Gasteiger partial charge in [0.2, 0.25) is 0 Å². The van der Waals surface area contributed by atoms with Gasteiger partial charge in [0.1, 0.15) is 0 Å². The maximum Gasteiger partial charge on any atom is 0.337 e. The molecule has 1 amide bonds. The first-order valence-corrected chi connectivity index (χ1v) is 7.57. The van der Waals surface area contributed by atoms with E-state index in [1.807, 2.05) is 0 Å². The molecule has 0 aliphatic carbocycles. The number of rotatable bonds is 4. The number of carbonyl (C=O) groups is 3. The number of nitrogens with one attached hydrogen (secondary N) is 1. The summed E-state index contributed by atoms with van der Waals surface area (Å²) >= 11 is 0. The molecule has 25 heavy (non-hydrogen) atoms. The van der Waals surface area contributed by atoms with Crippen molar-refractivity contribution in [3.05, 3.63) is 70.8 Å². The van der Waals surface area contributed by atoms with E-state index in [0.29, 0.717) is 16.7 Å². The molecule has 0 atom stereocenters. The van der Waals surface area contributed by atoms with Crippen LogP contribution in [0.25, 0.3) is 0 Å². The Hall–Kier alpha value is -3.39. The lowest BCUT2D eigenvalue weighted by Gasteiger charge is -2.03. The van der Waals surface area contributed by atoms with Gasteiger partial charge in [-0.1, -0.05) is 24.0 Å². The van der Waals surface area contributed by atoms with Crippen molar-refractivity contribution in [1.29, 1.82) is 0 Å². The Morgan fingerprint density at radius 2 is 1.48 bits per heavy atom. The zero-order valence-electron chi connectivity index (χ0n) is 14.0. The predicted octanol–water partition coefficient (Wildman–Crippen LogP) is 2.46. The van der Waals surface area contributed by atoms with Gasteiger partial charge in [0, 0.05) is 16.7 Å². The number of hydrogen-bond acceptors (Lipinski definition) is 4. The van der Waals surface area contributed by atoms with E-state index in [1.165, 1.54) is 26.2 Å². The van der Waals surface area contributed by atoms with Gasteiger partial charge in [-0.3, -0.25) is 9.59 Å². The number of amides is 1. The number of ether oxygens (including phenoxy) is 1. The maximum absolute atomic E-state index is 12.0. The molecule has 0 saturated heterocycles. The molecule has 0 spiro atoms. The molecule has 0 aromatic heterocycles. The zero-order chi connectivity index (χ0) is 18.2. The van der Waals surface area contributed by atoms with E-state index in [4.69, 9.17) is 0 Å². The Balaban J connectivity index is 1.90. The molecule has 2 rings (SSSR count). The van der Waals surface area contributed by atoms with Crippen LogP contribution in [-0.2, 0) is 4.74 Å². The minimum Gasteiger partial charge on any atom is -0.465 e. The van der Waals surface area contributed by atoms with Crippen molar-refractivity contribution in [3.8, 4) is 11.8 Å². The van der Waals surface area contributed by atoms with Gasteiger partial charge >= 0.3 is 5.97 Å². The summed E-state index contributed by atoms with van der Waals surface area (Å²) in [7, 11) is 1.30. The van der Waals surface area contributed by atoms with Crippen LogP contribution in [0.15, 0.2) is 48.5 Å². The van der Waals surface area contributed by atoms with Crippen molar-refractivity contribution < 1.29 is 19.1 Å². The van der Waals surface area contributed by atoms with Crippen molar-refractivity contribution in [1.82, 2.24) is 5.32 Å². The lowest BCUT2D eigenvalue weighted by molar-refractivity contribution is 0.0600. The van der Waals surface area contributed by atoms with Gasteiger partial charge in [0.05, 0.1) is 19.2 Å². The first-order chi connectivity index (χ1) is 12.0. The van der Waals surface area contributed by atoms with E-state index in [0.717, 1.165) is 5.56 Å². The SMILES string of the molecule is COC(=O)c1ccc(C(=O)NCC#Cc2ccc(C(C)=O)cc2)cc1. The Labute approximate surface area is 146 Å². The van der Waals surface area contributed by atoms with Crippen LogP contribution in [-0.4, -0.2) is 31.3 Å². The van der Waals surface area contributed by atoms with E-state index < -0.39 is 5.97 Å². The third-order valence-electron chi connectivity index (χ3n) is 3.43. The number of ketones is 1. The summed E-state index contributed by atoms with van der Waals surface area (Å²) in [5.74, 6) is 5.04. The van der Waals surface area contributed by atoms with Crippen molar-refractivity contribution >= 4 is 17.7 Å². The number of Topliss-reactive ketones (excluding diaryl/α,β-unsaturated/α-hetero) is 1. The highest BCUT2D eigenvalue weighted by Crippen LogP contribution is 2.06. The van der Waals surface area contributed by atoms with E-state index in [1.54, 1.807) is 36.4 Å². The standard InChI is InChI=1S/C20H17NO4/c1-14(22)16-7-5-15(6-8-16)4-3-13-21-19(23)17-9-11-18(12-10-17)20(24)25-2/h5-12H,13H2,1-2H3,(H,21,23). The quantitative estimate of drug-likeness (QED) is 0.529. The van der Waals surface area contributed by atoms with Gasteiger partial charge in [-0.15, -0.1) is 0 Å². The van der Waals surface area contributed by atoms with Gasteiger partial charge in [-0.25, -0.2) is 4.79 Å². The summed E-state index contributed by atoms with van der Waals surface area (Å²) < 4.78 is 4.60. The second-order valence-electron chi connectivity index (χ2n) is 5.19. The zero-order valence-corrected chi connectivity index (χ0v) is 14.0. The second kappa shape index (κ2) is 8.46. The third-order valence-corrected chi connectivity index (χ3v) is 3.43. The van der Waals surface area contributed by atoms with Gasteiger partial charge < -0.3 is 10.1 Å². The summed E-state index contributed by atoms with van der Waals surface area (Å²) in [4.78, 5) is 34.5. The first kappa shape index (κ1) is 18.0. The topological polar surface area (TPSA) is 72.5 Å². The van der Waals surface area contributed by atoms with Gasteiger partial charge in [0.15, 0.2) is 5.78 Å². The molecule has 5 nitrogen and oxygen atoms in total. The van der Waals surface area contributed by atoms with E-state index in [2.05, 4.69) is 21.9 Å².